The van der Waals surface area contributed by atoms with Gasteiger partial charge >= 0.3 is 5.51 Å². The molecule has 5 nitrogen and oxygen atoms in total. The molecule has 21 heavy (non-hydrogen) atoms. The highest BCUT2D eigenvalue weighted by Crippen LogP contribution is 2.29. The summed E-state index contributed by atoms with van der Waals surface area (Å²) in [5.41, 5.74) is -0.490. The molecule has 0 fully saturated rings. The quantitative estimate of drug-likeness (QED) is 0.419. The molecular weight excluding hydrogens is 327 g/mol. The summed E-state index contributed by atoms with van der Waals surface area (Å²) < 4.78 is 62.4. The number of nitrogens with two attached hydrogens (primary N) is 1. The van der Waals surface area contributed by atoms with Gasteiger partial charge in [0.15, 0.2) is 0 Å². The predicted octanol–water partition coefficient (Wildman–Crippen LogP) is 2.12. The second-order valence-electron chi connectivity index (χ2n) is 4.28. The van der Waals surface area contributed by atoms with Crippen LogP contribution >= 0.6 is 11.8 Å². The van der Waals surface area contributed by atoms with Crippen LogP contribution in [-0.2, 0) is 10.0 Å². The molecule has 0 bridgehead atoms. The number of anilines is 1. The maximum absolute atomic E-state index is 12.1. The first-order chi connectivity index (χ1) is 9.57. The number of rotatable bonds is 6. The first kappa shape index (κ1) is 18.1. The molecule has 0 atom stereocenters. The Morgan fingerprint density at radius 1 is 1.24 bits per heavy atom. The van der Waals surface area contributed by atoms with Gasteiger partial charge in [-0.15, -0.1) is 0 Å². The molecule has 0 saturated carbocycles. The van der Waals surface area contributed by atoms with Gasteiger partial charge in [-0.1, -0.05) is 0 Å². The van der Waals surface area contributed by atoms with Crippen LogP contribution in [0.5, 0.6) is 0 Å². The number of hydrogen-bond acceptors (Lipinski definition) is 5. The van der Waals surface area contributed by atoms with Gasteiger partial charge in [-0.25, -0.2) is 13.1 Å². The lowest BCUT2D eigenvalue weighted by molar-refractivity contribution is -0.0327. The molecule has 1 aromatic carbocycles. The minimum Gasteiger partial charge on any atom is -0.324 e. The Morgan fingerprint density at radius 2 is 1.76 bits per heavy atom. The summed E-state index contributed by atoms with van der Waals surface area (Å²) in [5, 5.41) is 0. The molecule has 0 heterocycles. The fourth-order valence-electron chi connectivity index (χ4n) is 1.87. The highest BCUT2D eigenvalue weighted by Gasteiger charge is 2.28. The van der Waals surface area contributed by atoms with E-state index in [4.69, 9.17) is 5.84 Å². The van der Waals surface area contributed by atoms with Crippen molar-refractivity contribution in [2.45, 2.75) is 24.3 Å². The summed E-state index contributed by atoms with van der Waals surface area (Å²) in [6.07, 6.45) is 0. The Morgan fingerprint density at radius 3 is 2.19 bits per heavy atom. The van der Waals surface area contributed by atoms with E-state index in [1.165, 1.54) is 0 Å². The van der Waals surface area contributed by atoms with Crippen molar-refractivity contribution in [2.75, 3.05) is 17.7 Å². The van der Waals surface area contributed by atoms with E-state index in [2.05, 4.69) is 10.1 Å². The number of nitrogen functional groups attached to an aromatic ring is 1. The molecule has 0 amide bonds. The van der Waals surface area contributed by atoms with Crippen molar-refractivity contribution in [3.63, 3.8) is 0 Å². The van der Waals surface area contributed by atoms with E-state index in [0.717, 1.165) is 0 Å². The van der Waals surface area contributed by atoms with Crippen LogP contribution in [0.2, 0.25) is 0 Å². The van der Waals surface area contributed by atoms with Crippen LogP contribution in [0, 0.1) is 13.8 Å². The molecule has 0 unspecified atom stereocenters. The third kappa shape index (κ3) is 5.38. The van der Waals surface area contributed by atoms with Gasteiger partial charge in [0.05, 0.1) is 4.90 Å². The zero-order valence-corrected chi connectivity index (χ0v) is 13.0. The number of aryl methyl sites for hydroxylation is 2. The average molecular weight is 343 g/mol. The number of sulfonamides is 1. The van der Waals surface area contributed by atoms with Gasteiger partial charge in [-0.3, -0.25) is 5.84 Å². The molecule has 0 spiro atoms. The number of thioether (sulfide) groups is 1. The van der Waals surface area contributed by atoms with E-state index >= 15 is 0 Å². The van der Waals surface area contributed by atoms with Crippen molar-refractivity contribution in [3.05, 3.63) is 23.3 Å². The monoisotopic (exact) mass is 343 g/mol. The van der Waals surface area contributed by atoms with Crippen molar-refractivity contribution < 1.29 is 21.6 Å². The summed E-state index contributed by atoms with van der Waals surface area (Å²) in [4.78, 5) is 0.0542. The molecule has 0 radical (unpaired) electrons. The fourth-order valence-corrected chi connectivity index (χ4v) is 3.92. The Balaban J connectivity index is 2.84. The normalized spacial score (nSPS) is 12.5. The second kappa shape index (κ2) is 6.86. The Bertz CT molecular complexity index is 580. The molecular formula is C11H16F3N3O2S2. The molecule has 0 aromatic heterocycles. The second-order valence-corrected chi connectivity index (χ2v) is 7.14. The smallest absolute Gasteiger partial charge is 0.324 e. The Kier molecular flexibility index (Phi) is 5.91. The van der Waals surface area contributed by atoms with Gasteiger partial charge in [0, 0.05) is 18.0 Å². The third-order valence-corrected chi connectivity index (χ3v) is 5.06. The largest absolute Gasteiger partial charge is 0.441 e. The number of hydrazine groups is 1. The summed E-state index contributed by atoms with van der Waals surface area (Å²) in [7, 11) is -3.86. The summed E-state index contributed by atoms with van der Waals surface area (Å²) in [6, 6.07) is 3.10. The van der Waals surface area contributed by atoms with Gasteiger partial charge in [-0.2, -0.15) is 13.2 Å². The fraction of sp³-hybridized carbons (Fsp3) is 0.455. The highest BCUT2D eigenvalue weighted by atomic mass is 32.2. The maximum Gasteiger partial charge on any atom is 0.441 e. The van der Waals surface area contributed by atoms with Gasteiger partial charge in [-0.05, 0) is 48.9 Å². The number of benzene rings is 1. The SMILES string of the molecule is Cc1cc(NN)cc(C)c1S(=O)(=O)NCCSC(F)(F)F. The Labute approximate surface area is 125 Å². The van der Waals surface area contributed by atoms with Crippen LogP contribution < -0.4 is 16.0 Å². The van der Waals surface area contributed by atoms with E-state index in [1.807, 2.05) is 0 Å². The molecule has 0 aliphatic heterocycles. The number of hydrogen-bond donors (Lipinski definition) is 3. The molecule has 1 aromatic rings. The molecule has 10 heteroatoms. The van der Waals surface area contributed by atoms with E-state index < -0.39 is 15.5 Å². The van der Waals surface area contributed by atoms with Crippen LogP contribution in [0.1, 0.15) is 11.1 Å². The number of nitrogens with one attached hydrogen (secondary N) is 2. The predicted molar refractivity (Wildman–Crippen MR) is 77.4 cm³/mol. The van der Waals surface area contributed by atoms with E-state index in [-0.39, 0.29) is 29.0 Å². The minimum atomic E-state index is -4.37. The van der Waals surface area contributed by atoms with Crippen molar-refractivity contribution in [1.29, 1.82) is 0 Å². The summed E-state index contributed by atoms with van der Waals surface area (Å²) in [5.74, 6) is 4.88. The van der Waals surface area contributed by atoms with E-state index in [0.29, 0.717) is 16.8 Å². The molecule has 120 valence electrons. The number of alkyl halides is 3. The molecule has 1 rings (SSSR count). The molecule has 0 aliphatic rings. The van der Waals surface area contributed by atoms with Crippen LogP contribution in [0.25, 0.3) is 0 Å². The van der Waals surface area contributed by atoms with Crippen molar-refractivity contribution >= 4 is 27.5 Å². The lowest BCUT2D eigenvalue weighted by Gasteiger charge is -2.14. The summed E-state index contributed by atoms with van der Waals surface area (Å²) >= 11 is -0.270. The zero-order chi connectivity index (χ0) is 16.3. The Hall–Kier alpha value is -0.970. The number of halogens is 3. The molecule has 0 saturated heterocycles. The molecule has 4 N–H and O–H groups in total. The van der Waals surface area contributed by atoms with Crippen LogP contribution in [0.4, 0.5) is 18.9 Å². The van der Waals surface area contributed by atoms with Gasteiger partial charge in [0.25, 0.3) is 0 Å². The maximum atomic E-state index is 12.1. The molecule has 0 aliphatic carbocycles. The third-order valence-electron chi connectivity index (χ3n) is 2.56. The van der Waals surface area contributed by atoms with Crippen LogP contribution in [0.15, 0.2) is 17.0 Å². The van der Waals surface area contributed by atoms with Gasteiger partial charge in [0.1, 0.15) is 0 Å². The van der Waals surface area contributed by atoms with E-state index in [1.54, 1.807) is 26.0 Å². The minimum absolute atomic E-state index is 0.0542. The topological polar surface area (TPSA) is 84.2 Å². The van der Waals surface area contributed by atoms with Crippen LogP contribution in [-0.4, -0.2) is 26.2 Å². The van der Waals surface area contributed by atoms with Gasteiger partial charge < -0.3 is 5.43 Å². The van der Waals surface area contributed by atoms with Crippen molar-refractivity contribution in [2.24, 2.45) is 5.84 Å². The first-order valence-corrected chi connectivity index (χ1v) is 8.32. The van der Waals surface area contributed by atoms with Gasteiger partial charge in [0.2, 0.25) is 10.0 Å². The lowest BCUT2D eigenvalue weighted by Crippen LogP contribution is -2.28. The van der Waals surface area contributed by atoms with Crippen molar-refractivity contribution in [1.82, 2.24) is 4.72 Å². The average Bonchev–Trinajstić information content (AvgIpc) is 2.32. The summed E-state index contributed by atoms with van der Waals surface area (Å²) in [6.45, 7) is 2.88. The van der Waals surface area contributed by atoms with E-state index in [9.17, 15) is 21.6 Å². The van der Waals surface area contributed by atoms with Crippen molar-refractivity contribution in [3.8, 4) is 0 Å². The highest BCUT2D eigenvalue weighted by molar-refractivity contribution is 8.00. The van der Waals surface area contributed by atoms with Crippen LogP contribution in [0.3, 0.4) is 0 Å². The lowest BCUT2D eigenvalue weighted by atomic mass is 10.1. The standard InChI is InChI=1S/C11H16F3N3O2S2/c1-7-5-9(17-15)6-8(2)10(7)21(18,19)16-3-4-20-11(12,13)14/h5-6,16-17H,3-4,15H2,1-2H3. The zero-order valence-electron chi connectivity index (χ0n) is 11.4. The first-order valence-electron chi connectivity index (χ1n) is 5.85.